The van der Waals surface area contributed by atoms with Gasteiger partial charge in [-0.15, -0.1) is 0 Å². The molecule has 1 aromatic rings. The number of piperidine rings is 1. The molecule has 2 atom stereocenters. The van der Waals surface area contributed by atoms with Crippen LogP contribution in [-0.2, 0) is 0 Å². The van der Waals surface area contributed by atoms with Crippen LogP contribution in [0.15, 0.2) is 30.3 Å². The fourth-order valence-electron chi connectivity index (χ4n) is 3.29. The lowest BCUT2D eigenvalue weighted by atomic mass is 9.85. The Hall–Kier alpha value is -0.860. The molecule has 0 amide bonds. The summed E-state index contributed by atoms with van der Waals surface area (Å²) in [5.74, 6) is 0. The molecular weight excluding hydrogens is 256 g/mol. The van der Waals surface area contributed by atoms with Gasteiger partial charge in [0, 0.05) is 18.6 Å². The average molecular weight is 288 g/mol. The van der Waals surface area contributed by atoms with Gasteiger partial charge in [0.05, 0.1) is 0 Å². The predicted octanol–water partition coefficient (Wildman–Crippen LogP) is 4.24. The number of likely N-dealkylation sites (N-methyl/N-ethyl adjacent to an activating group) is 1. The second-order valence-corrected chi connectivity index (χ2v) is 7.77. The van der Waals surface area contributed by atoms with Crippen LogP contribution in [0.5, 0.6) is 0 Å². The minimum Gasteiger partial charge on any atom is -0.308 e. The van der Waals surface area contributed by atoms with E-state index in [9.17, 15) is 0 Å². The third-order valence-corrected chi connectivity index (χ3v) is 4.54. The zero-order chi connectivity index (χ0) is 15.3. The molecule has 21 heavy (non-hydrogen) atoms. The van der Waals surface area contributed by atoms with E-state index in [0.717, 1.165) is 6.54 Å². The van der Waals surface area contributed by atoms with Crippen LogP contribution in [0.4, 0.5) is 0 Å². The lowest BCUT2D eigenvalue weighted by molar-refractivity contribution is 0.173. The van der Waals surface area contributed by atoms with Gasteiger partial charge in [0.1, 0.15) is 0 Å². The Balaban J connectivity index is 1.99. The lowest BCUT2D eigenvalue weighted by Crippen LogP contribution is -2.44. The van der Waals surface area contributed by atoms with Gasteiger partial charge in [-0.1, -0.05) is 57.5 Å². The molecule has 1 aliphatic rings. The topological polar surface area (TPSA) is 15.3 Å². The van der Waals surface area contributed by atoms with Gasteiger partial charge in [-0.3, -0.25) is 0 Å². The first kappa shape index (κ1) is 16.5. The summed E-state index contributed by atoms with van der Waals surface area (Å²) in [7, 11) is 2.27. The zero-order valence-electron chi connectivity index (χ0n) is 14.2. The van der Waals surface area contributed by atoms with Crippen molar-refractivity contribution in [1.29, 1.82) is 0 Å². The number of likely N-dealkylation sites (tertiary alicyclic amines) is 1. The van der Waals surface area contributed by atoms with Gasteiger partial charge in [0.15, 0.2) is 0 Å². The molecule has 2 nitrogen and oxygen atoms in total. The van der Waals surface area contributed by atoms with Crippen LogP contribution >= 0.6 is 0 Å². The highest BCUT2D eigenvalue weighted by atomic mass is 15.2. The highest BCUT2D eigenvalue weighted by Gasteiger charge is 2.23. The van der Waals surface area contributed by atoms with E-state index in [1.807, 2.05) is 0 Å². The van der Waals surface area contributed by atoms with Gasteiger partial charge in [0.25, 0.3) is 0 Å². The molecule has 1 N–H and O–H groups in total. The highest BCUT2D eigenvalue weighted by molar-refractivity contribution is 5.19. The van der Waals surface area contributed by atoms with Crippen LogP contribution in [0.3, 0.4) is 0 Å². The van der Waals surface area contributed by atoms with Crippen LogP contribution in [-0.4, -0.2) is 31.1 Å². The molecule has 1 fully saturated rings. The summed E-state index contributed by atoms with van der Waals surface area (Å²) >= 11 is 0. The fraction of sp³-hybridized carbons (Fsp3) is 0.684. The normalized spacial score (nSPS) is 22.2. The first-order valence-corrected chi connectivity index (χ1v) is 8.44. The largest absolute Gasteiger partial charge is 0.308 e. The molecule has 2 unspecified atom stereocenters. The lowest BCUT2D eigenvalue weighted by Gasteiger charge is -2.35. The average Bonchev–Trinajstić information content (AvgIpc) is 2.45. The predicted molar refractivity (Wildman–Crippen MR) is 91.5 cm³/mol. The molecule has 0 spiro atoms. The van der Waals surface area contributed by atoms with E-state index in [0.29, 0.717) is 17.5 Å². The monoisotopic (exact) mass is 288 g/mol. The van der Waals surface area contributed by atoms with Crippen LogP contribution < -0.4 is 5.32 Å². The number of hydrogen-bond acceptors (Lipinski definition) is 2. The minimum atomic E-state index is 0.339. The van der Waals surface area contributed by atoms with Gasteiger partial charge in [-0.05, 0) is 43.8 Å². The van der Waals surface area contributed by atoms with Gasteiger partial charge >= 0.3 is 0 Å². The van der Waals surface area contributed by atoms with E-state index in [-0.39, 0.29) is 0 Å². The summed E-state index contributed by atoms with van der Waals surface area (Å²) in [4.78, 5) is 2.52. The van der Waals surface area contributed by atoms with Crippen molar-refractivity contribution in [3.05, 3.63) is 35.9 Å². The van der Waals surface area contributed by atoms with Gasteiger partial charge in [0.2, 0.25) is 0 Å². The van der Waals surface area contributed by atoms with Crippen molar-refractivity contribution in [2.75, 3.05) is 20.1 Å². The second-order valence-electron chi connectivity index (χ2n) is 7.77. The fourth-order valence-corrected chi connectivity index (χ4v) is 3.29. The molecule has 1 aromatic carbocycles. The molecule has 2 rings (SSSR count). The van der Waals surface area contributed by atoms with Crippen LogP contribution in [0, 0.1) is 5.41 Å². The number of hydrogen-bond donors (Lipinski definition) is 1. The summed E-state index contributed by atoms with van der Waals surface area (Å²) in [6, 6.07) is 12.1. The number of nitrogens with one attached hydrogen (secondary N) is 1. The molecule has 0 aromatic heterocycles. The van der Waals surface area contributed by atoms with Gasteiger partial charge < -0.3 is 10.2 Å². The van der Waals surface area contributed by atoms with E-state index in [1.165, 1.54) is 37.8 Å². The van der Waals surface area contributed by atoms with Crippen molar-refractivity contribution in [1.82, 2.24) is 10.2 Å². The number of nitrogens with zero attached hydrogens (tertiary/aromatic N) is 1. The van der Waals surface area contributed by atoms with Crippen LogP contribution in [0.25, 0.3) is 0 Å². The molecule has 0 bridgehead atoms. The summed E-state index contributed by atoms with van der Waals surface area (Å²) in [5, 5.41) is 3.85. The highest BCUT2D eigenvalue weighted by Crippen LogP contribution is 2.29. The Morgan fingerprint density at radius 1 is 1.19 bits per heavy atom. The first-order valence-electron chi connectivity index (χ1n) is 8.44. The Labute approximate surface area is 130 Å². The number of rotatable bonds is 5. The van der Waals surface area contributed by atoms with E-state index in [2.05, 4.69) is 68.4 Å². The molecule has 1 heterocycles. The minimum absolute atomic E-state index is 0.339. The van der Waals surface area contributed by atoms with Crippen molar-refractivity contribution in [3.8, 4) is 0 Å². The summed E-state index contributed by atoms with van der Waals surface area (Å²) < 4.78 is 0. The molecule has 1 saturated heterocycles. The second kappa shape index (κ2) is 7.42. The third kappa shape index (κ3) is 5.44. The smallest absolute Gasteiger partial charge is 0.0325 e. The summed E-state index contributed by atoms with van der Waals surface area (Å²) in [6.07, 6.45) is 5.25. The Bertz CT molecular complexity index is 407. The Kier molecular flexibility index (Phi) is 5.83. The van der Waals surface area contributed by atoms with Gasteiger partial charge in [-0.2, -0.15) is 0 Å². The van der Waals surface area contributed by atoms with E-state index in [1.54, 1.807) is 0 Å². The van der Waals surface area contributed by atoms with Crippen molar-refractivity contribution in [2.24, 2.45) is 5.41 Å². The SMILES string of the molecule is CN1CCCCC1CNC(CC(C)(C)C)c1ccccc1. The summed E-state index contributed by atoms with van der Waals surface area (Å²) in [5.41, 5.74) is 1.76. The molecule has 0 saturated carbocycles. The van der Waals surface area contributed by atoms with E-state index in [4.69, 9.17) is 0 Å². The molecule has 118 valence electrons. The zero-order valence-corrected chi connectivity index (χ0v) is 14.2. The standard InChI is InChI=1S/C19H32N2/c1-19(2,3)14-18(16-10-6-5-7-11-16)20-15-17-12-8-9-13-21(17)4/h5-7,10-11,17-18,20H,8-9,12-15H2,1-4H3. The van der Waals surface area contributed by atoms with E-state index < -0.39 is 0 Å². The maximum Gasteiger partial charge on any atom is 0.0325 e. The molecule has 0 aliphatic carbocycles. The number of benzene rings is 1. The molecule has 2 heteroatoms. The van der Waals surface area contributed by atoms with Gasteiger partial charge in [-0.25, -0.2) is 0 Å². The summed E-state index contributed by atoms with van der Waals surface area (Å²) in [6.45, 7) is 9.35. The van der Waals surface area contributed by atoms with Crippen molar-refractivity contribution >= 4 is 0 Å². The van der Waals surface area contributed by atoms with E-state index >= 15 is 0 Å². The maximum absolute atomic E-state index is 3.85. The van der Waals surface area contributed by atoms with Crippen LogP contribution in [0.2, 0.25) is 0 Å². The molecule has 0 radical (unpaired) electrons. The van der Waals surface area contributed by atoms with Crippen molar-refractivity contribution < 1.29 is 0 Å². The quantitative estimate of drug-likeness (QED) is 0.872. The van der Waals surface area contributed by atoms with Crippen molar-refractivity contribution in [3.63, 3.8) is 0 Å². The van der Waals surface area contributed by atoms with Crippen LogP contribution in [0.1, 0.15) is 58.1 Å². The first-order chi connectivity index (χ1) is 9.96. The molecular formula is C19H32N2. The molecule has 1 aliphatic heterocycles. The Morgan fingerprint density at radius 2 is 1.90 bits per heavy atom. The van der Waals surface area contributed by atoms with Crippen molar-refractivity contribution in [2.45, 2.75) is 58.5 Å². The third-order valence-electron chi connectivity index (χ3n) is 4.54. The Morgan fingerprint density at radius 3 is 2.52 bits per heavy atom. The maximum atomic E-state index is 3.85.